The van der Waals surface area contributed by atoms with Crippen LogP contribution >= 0.6 is 35.0 Å². The van der Waals surface area contributed by atoms with Crippen LogP contribution in [-0.4, -0.2) is 67.1 Å². The average Bonchev–Trinajstić information content (AvgIpc) is 2.92. The van der Waals surface area contributed by atoms with Crippen molar-refractivity contribution < 1.29 is 14.5 Å². The van der Waals surface area contributed by atoms with Crippen LogP contribution in [0.5, 0.6) is 0 Å². The van der Waals surface area contributed by atoms with Gasteiger partial charge in [-0.3, -0.25) is 9.59 Å². The number of benzene rings is 1. The Labute approximate surface area is 155 Å². The molecule has 0 saturated carbocycles. The molecule has 1 aromatic carbocycles. The highest BCUT2D eigenvalue weighted by Crippen LogP contribution is 2.40. The Balaban J connectivity index is 1.71. The summed E-state index contributed by atoms with van der Waals surface area (Å²) in [7, 11) is 2.13. The van der Waals surface area contributed by atoms with Gasteiger partial charge in [0.2, 0.25) is 11.8 Å². The molecular weight excluding hydrogens is 369 g/mol. The third-order valence-corrected chi connectivity index (χ3v) is 6.47. The van der Waals surface area contributed by atoms with E-state index in [-0.39, 0.29) is 23.7 Å². The molecular formula is C16H20Cl2N3O2S+. The molecule has 2 aliphatic rings. The van der Waals surface area contributed by atoms with Gasteiger partial charge >= 0.3 is 0 Å². The molecule has 1 atom stereocenters. The average molecular weight is 389 g/mol. The standard InChI is InChI=1S/C16H19Cl2N3O2S/c1-19-4-6-20(7-5-19)14(22)9-21-15(23)10-24-16(21)11-2-3-12(17)13(18)8-11/h2-3,8,16H,4-7,9-10H2,1H3/p+1/t16-/m1/s1. The van der Waals surface area contributed by atoms with E-state index in [0.29, 0.717) is 15.8 Å². The SMILES string of the molecule is C[NH+]1CCN(C(=O)CN2C(=O)CS[C@@H]2c2ccc(Cl)c(Cl)c2)CC1. The van der Waals surface area contributed by atoms with Crippen molar-refractivity contribution in [3.8, 4) is 0 Å². The molecule has 8 heteroatoms. The molecule has 130 valence electrons. The zero-order valence-electron chi connectivity index (χ0n) is 13.4. The lowest BCUT2D eigenvalue weighted by Gasteiger charge is -2.32. The maximum absolute atomic E-state index is 12.6. The van der Waals surface area contributed by atoms with E-state index < -0.39 is 0 Å². The molecule has 2 amide bonds. The zero-order chi connectivity index (χ0) is 17.3. The monoisotopic (exact) mass is 388 g/mol. The van der Waals surface area contributed by atoms with E-state index in [9.17, 15) is 9.59 Å². The van der Waals surface area contributed by atoms with Crippen LogP contribution in [0.4, 0.5) is 0 Å². The molecule has 2 fully saturated rings. The van der Waals surface area contributed by atoms with Gasteiger partial charge in [0.25, 0.3) is 0 Å². The molecule has 5 nitrogen and oxygen atoms in total. The number of carbonyl (C=O) groups excluding carboxylic acids is 2. The lowest BCUT2D eigenvalue weighted by atomic mass is 10.2. The summed E-state index contributed by atoms with van der Waals surface area (Å²) in [6, 6.07) is 5.36. The molecule has 24 heavy (non-hydrogen) atoms. The molecule has 0 bridgehead atoms. The number of nitrogens with zero attached hydrogens (tertiary/aromatic N) is 2. The van der Waals surface area contributed by atoms with Gasteiger partial charge < -0.3 is 14.7 Å². The number of hydrogen-bond donors (Lipinski definition) is 1. The van der Waals surface area contributed by atoms with Gasteiger partial charge in [-0.15, -0.1) is 11.8 Å². The second-order valence-corrected chi connectivity index (χ2v) is 8.08. The summed E-state index contributed by atoms with van der Waals surface area (Å²) in [5, 5.41) is 0.758. The van der Waals surface area contributed by atoms with Crippen molar-refractivity contribution in [3.63, 3.8) is 0 Å². The topological polar surface area (TPSA) is 45.1 Å². The first-order valence-electron chi connectivity index (χ1n) is 7.91. The third kappa shape index (κ3) is 3.82. The highest BCUT2D eigenvalue weighted by molar-refractivity contribution is 8.00. The predicted octanol–water partition coefficient (Wildman–Crippen LogP) is 0.924. The first kappa shape index (κ1) is 17.9. The molecule has 1 N–H and O–H groups in total. The van der Waals surface area contributed by atoms with Crippen molar-refractivity contribution in [3.05, 3.63) is 33.8 Å². The number of quaternary nitrogens is 1. The van der Waals surface area contributed by atoms with Gasteiger partial charge in [0.15, 0.2) is 0 Å². The van der Waals surface area contributed by atoms with E-state index >= 15 is 0 Å². The van der Waals surface area contributed by atoms with Gasteiger partial charge in [-0.25, -0.2) is 0 Å². The fraction of sp³-hybridized carbons (Fsp3) is 0.500. The molecule has 2 aliphatic heterocycles. The smallest absolute Gasteiger partial charge is 0.242 e. The van der Waals surface area contributed by atoms with E-state index in [1.807, 2.05) is 11.0 Å². The minimum atomic E-state index is -0.186. The number of nitrogens with one attached hydrogen (secondary N) is 1. The fourth-order valence-electron chi connectivity index (χ4n) is 2.95. The normalized spacial score (nSPS) is 22.3. The second-order valence-electron chi connectivity index (χ2n) is 6.20. The number of amides is 2. The predicted molar refractivity (Wildman–Crippen MR) is 96.6 cm³/mol. The summed E-state index contributed by atoms with van der Waals surface area (Å²) >= 11 is 13.6. The third-order valence-electron chi connectivity index (χ3n) is 4.47. The van der Waals surface area contributed by atoms with Crippen LogP contribution in [0.25, 0.3) is 0 Å². The van der Waals surface area contributed by atoms with Crippen molar-refractivity contribution in [2.75, 3.05) is 45.5 Å². The number of halogens is 2. The summed E-state index contributed by atoms with van der Waals surface area (Å²) in [5.74, 6) is 0.387. The van der Waals surface area contributed by atoms with E-state index in [4.69, 9.17) is 23.2 Å². The lowest BCUT2D eigenvalue weighted by Crippen LogP contribution is -3.12. The Hall–Kier alpha value is -0.950. The maximum atomic E-state index is 12.6. The summed E-state index contributed by atoms with van der Waals surface area (Å²) in [4.78, 5) is 29.8. The van der Waals surface area contributed by atoms with Crippen LogP contribution in [0, 0.1) is 0 Å². The van der Waals surface area contributed by atoms with Gasteiger partial charge in [0.05, 0.1) is 49.0 Å². The Kier molecular flexibility index (Phi) is 5.59. The Morgan fingerprint density at radius 2 is 2.00 bits per heavy atom. The van der Waals surface area contributed by atoms with Crippen molar-refractivity contribution in [2.24, 2.45) is 0 Å². The number of hydrogen-bond acceptors (Lipinski definition) is 3. The van der Waals surface area contributed by atoms with Crippen LogP contribution in [0.1, 0.15) is 10.9 Å². The fourth-order valence-corrected chi connectivity index (χ4v) is 4.43. The molecule has 1 aromatic rings. The van der Waals surface area contributed by atoms with E-state index in [0.717, 1.165) is 31.7 Å². The quantitative estimate of drug-likeness (QED) is 0.837. The Bertz CT molecular complexity index is 650. The number of likely N-dealkylation sites (N-methyl/N-ethyl adjacent to an activating group) is 1. The Morgan fingerprint density at radius 3 is 2.67 bits per heavy atom. The van der Waals surface area contributed by atoms with Gasteiger partial charge in [0.1, 0.15) is 11.9 Å². The Morgan fingerprint density at radius 1 is 1.29 bits per heavy atom. The first-order chi connectivity index (χ1) is 11.5. The van der Waals surface area contributed by atoms with Crippen LogP contribution in [0.15, 0.2) is 18.2 Å². The molecule has 0 unspecified atom stereocenters. The summed E-state index contributed by atoms with van der Waals surface area (Å²) in [6.07, 6.45) is 0. The highest BCUT2D eigenvalue weighted by Gasteiger charge is 2.35. The summed E-state index contributed by atoms with van der Waals surface area (Å²) in [6.45, 7) is 3.51. The second kappa shape index (κ2) is 7.52. The number of thioether (sulfide) groups is 1. The molecule has 3 rings (SSSR count). The lowest BCUT2D eigenvalue weighted by molar-refractivity contribution is -0.883. The molecule has 0 radical (unpaired) electrons. The molecule has 2 saturated heterocycles. The van der Waals surface area contributed by atoms with Crippen molar-refractivity contribution in [2.45, 2.75) is 5.37 Å². The number of piperazine rings is 1. The molecule has 0 aliphatic carbocycles. The molecule has 0 aromatic heterocycles. The highest BCUT2D eigenvalue weighted by atomic mass is 35.5. The van der Waals surface area contributed by atoms with Gasteiger partial charge in [-0.2, -0.15) is 0 Å². The van der Waals surface area contributed by atoms with E-state index in [1.165, 1.54) is 16.7 Å². The largest absolute Gasteiger partial charge is 0.334 e. The van der Waals surface area contributed by atoms with Crippen LogP contribution in [0.3, 0.4) is 0 Å². The van der Waals surface area contributed by atoms with Crippen LogP contribution < -0.4 is 4.90 Å². The number of rotatable bonds is 3. The van der Waals surface area contributed by atoms with Crippen molar-refractivity contribution in [1.82, 2.24) is 9.80 Å². The van der Waals surface area contributed by atoms with Gasteiger partial charge in [-0.05, 0) is 17.7 Å². The van der Waals surface area contributed by atoms with Crippen LogP contribution in [0.2, 0.25) is 10.0 Å². The maximum Gasteiger partial charge on any atom is 0.242 e. The van der Waals surface area contributed by atoms with E-state index in [2.05, 4.69) is 7.05 Å². The number of carbonyl (C=O) groups is 2. The van der Waals surface area contributed by atoms with Gasteiger partial charge in [0, 0.05) is 0 Å². The van der Waals surface area contributed by atoms with Gasteiger partial charge in [-0.1, -0.05) is 29.3 Å². The zero-order valence-corrected chi connectivity index (χ0v) is 15.8. The van der Waals surface area contributed by atoms with Crippen molar-refractivity contribution >= 4 is 46.8 Å². The molecule has 0 spiro atoms. The van der Waals surface area contributed by atoms with Crippen molar-refractivity contribution in [1.29, 1.82) is 0 Å². The summed E-state index contributed by atoms with van der Waals surface area (Å²) < 4.78 is 0. The summed E-state index contributed by atoms with van der Waals surface area (Å²) in [5.41, 5.74) is 0.899. The minimum Gasteiger partial charge on any atom is -0.334 e. The first-order valence-corrected chi connectivity index (χ1v) is 9.71. The van der Waals surface area contributed by atoms with E-state index in [1.54, 1.807) is 17.0 Å². The molecule has 2 heterocycles. The van der Waals surface area contributed by atoms with Crippen LogP contribution in [-0.2, 0) is 9.59 Å². The minimum absolute atomic E-state index is 0.0100.